The van der Waals surface area contributed by atoms with Crippen LogP contribution < -0.4 is 10.9 Å². The lowest BCUT2D eigenvalue weighted by Crippen LogP contribution is -2.28. The van der Waals surface area contributed by atoms with Crippen LogP contribution in [0.5, 0.6) is 0 Å². The zero-order valence-corrected chi connectivity index (χ0v) is 15.4. The van der Waals surface area contributed by atoms with Gasteiger partial charge in [-0.15, -0.1) is 0 Å². The van der Waals surface area contributed by atoms with Crippen LogP contribution in [0.3, 0.4) is 0 Å². The fourth-order valence-corrected chi connectivity index (χ4v) is 2.60. The lowest BCUT2D eigenvalue weighted by atomic mass is 10.1. The molecule has 0 saturated heterocycles. The topological polar surface area (TPSA) is 65.2 Å². The number of aromatic amines is 1. The molecule has 0 aliphatic carbocycles. The van der Waals surface area contributed by atoms with E-state index in [2.05, 4.69) is 10.3 Å². The van der Waals surface area contributed by atoms with Gasteiger partial charge in [-0.2, -0.15) is 0 Å². The van der Waals surface area contributed by atoms with E-state index in [0.717, 1.165) is 5.56 Å². The second-order valence-electron chi connectivity index (χ2n) is 5.55. The molecule has 0 bridgehead atoms. The van der Waals surface area contributed by atoms with Gasteiger partial charge < -0.3 is 15.2 Å². The number of benzene rings is 1. The summed E-state index contributed by atoms with van der Waals surface area (Å²) in [5, 5.41) is 3.64. The number of H-pyrrole nitrogens is 1. The first-order valence-electron chi connectivity index (χ1n) is 7.06. The Bertz CT molecular complexity index is 819. The van der Waals surface area contributed by atoms with Crippen molar-refractivity contribution in [2.75, 3.05) is 26.0 Å². The smallest absolute Gasteiger partial charge is 0.267 e. The van der Waals surface area contributed by atoms with Crippen molar-refractivity contribution in [2.24, 2.45) is 0 Å². The van der Waals surface area contributed by atoms with Gasteiger partial charge in [-0.1, -0.05) is 40.9 Å². The van der Waals surface area contributed by atoms with Crippen molar-refractivity contribution in [2.45, 2.75) is 6.42 Å². The molecule has 2 rings (SSSR count). The second kappa shape index (κ2) is 8.03. The molecule has 128 valence electrons. The number of carbonyl (C=O) groups is 1. The number of nitrogens with zero attached hydrogens (tertiary/aromatic N) is 1. The molecule has 5 nitrogen and oxygen atoms in total. The number of hydrogen-bond donors (Lipinski definition) is 2. The molecule has 24 heavy (non-hydrogen) atoms. The first-order chi connectivity index (χ1) is 11.3. The van der Waals surface area contributed by atoms with Gasteiger partial charge in [-0.3, -0.25) is 9.59 Å². The summed E-state index contributed by atoms with van der Waals surface area (Å²) >= 11 is 17.8. The van der Waals surface area contributed by atoms with Crippen LogP contribution >= 0.6 is 34.8 Å². The molecule has 2 aromatic rings. The van der Waals surface area contributed by atoms with E-state index in [1.165, 1.54) is 6.07 Å². The quantitative estimate of drug-likeness (QED) is 0.825. The normalized spacial score (nSPS) is 10.9. The van der Waals surface area contributed by atoms with Crippen molar-refractivity contribution >= 4 is 46.4 Å². The van der Waals surface area contributed by atoms with E-state index in [4.69, 9.17) is 34.8 Å². The van der Waals surface area contributed by atoms with E-state index in [1.54, 1.807) is 37.2 Å². The Hall–Kier alpha value is -1.53. The molecule has 0 fully saturated rings. The first-order valence-corrected chi connectivity index (χ1v) is 8.20. The Balaban J connectivity index is 2.33. The van der Waals surface area contributed by atoms with E-state index >= 15 is 0 Å². The Morgan fingerprint density at radius 1 is 1.12 bits per heavy atom. The molecule has 0 aliphatic heterocycles. The maximum absolute atomic E-state index is 12.0. The Morgan fingerprint density at radius 2 is 1.83 bits per heavy atom. The van der Waals surface area contributed by atoms with E-state index < -0.39 is 5.56 Å². The number of halogens is 3. The van der Waals surface area contributed by atoms with Gasteiger partial charge in [0.1, 0.15) is 5.02 Å². The molecule has 8 heteroatoms. The number of carbonyl (C=O) groups excluding carboxylic acids is 1. The Kier molecular flexibility index (Phi) is 6.29. The highest BCUT2D eigenvalue weighted by Crippen LogP contribution is 2.25. The van der Waals surface area contributed by atoms with Crippen molar-refractivity contribution in [1.82, 2.24) is 9.88 Å². The van der Waals surface area contributed by atoms with Crippen molar-refractivity contribution in [3.05, 3.63) is 60.9 Å². The molecular weight excluding hydrogens is 373 g/mol. The minimum Gasteiger partial charge on any atom is -0.323 e. The highest BCUT2D eigenvalue weighted by atomic mass is 35.5. The van der Waals surface area contributed by atoms with Crippen LogP contribution in [-0.2, 0) is 11.2 Å². The van der Waals surface area contributed by atoms with Crippen LogP contribution in [0.25, 0.3) is 0 Å². The molecule has 1 aromatic heterocycles. The Labute approximate surface area is 154 Å². The van der Waals surface area contributed by atoms with Crippen molar-refractivity contribution in [3.63, 3.8) is 0 Å². The summed E-state index contributed by atoms with van der Waals surface area (Å²) in [4.78, 5) is 28.2. The number of nitrogens with one attached hydrogen (secondary N) is 2. The van der Waals surface area contributed by atoms with Crippen molar-refractivity contribution < 1.29 is 4.79 Å². The van der Waals surface area contributed by atoms with Gasteiger partial charge in [-0.05, 0) is 37.9 Å². The minimum absolute atomic E-state index is 0.00745. The summed E-state index contributed by atoms with van der Waals surface area (Å²) < 4.78 is 0. The molecule has 0 saturated carbocycles. The fraction of sp³-hybridized carbons (Fsp3) is 0.250. The molecule has 1 amide bonds. The molecule has 1 aromatic carbocycles. The third kappa shape index (κ3) is 4.98. The number of rotatable bonds is 5. The van der Waals surface area contributed by atoms with Gasteiger partial charge in [0.05, 0.1) is 22.3 Å². The maximum atomic E-state index is 12.0. The molecule has 0 radical (unpaired) electrons. The van der Waals surface area contributed by atoms with Crippen LogP contribution in [0, 0.1) is 0 Å². The summed E-state index contributed by atoms with van der Waals surface area (Å²) in [6.45, 7) is 0.211. The SMILES string of the molecule is CN(C)CC(=O)Nc1cc(Cl)c(=O)[nH]c1Cc1ccc(Cl)c(Cl)c1. The monoisotopic (exact) mass is 387 g/mol. The fourth-order valence-electron chi connectivity index (χ4n) is 2.13. The van der Waals surface area contributed by atoms with Crippen molar-refractivity contribution in [1.29, 1.82) is 0 Å². The summed E-state index contributed by atoms with van der Waals surface area (Å²) in [6.07, 6.45) is 0.362. The summed E-state index contributed by atoms with van der Waals surface area (Å²) in [5.41, 5.74) is 1.41. The number of pyridine rings is 1. The van der Waals surface area contributed by atoms with Gasteiger partial charge in [0.2, 0.25) is 5.91 Å². The Morgan fingerprint density at radius 3 is 2.46 bits per heavy atom. The molecule has 2 N–H and O–H groups in total. The van der Waals surface area contributed by atoms with Crippen LogP contribution in [0.1, 0.15) is 11.3 Å². The number of aromatic nitrogens is 1. The van der Waals surface area contributed by atoms with Crippen molar-refractivity contribution in [3.8, 4) is 0 Å². The standard InChI is InChI=1S/C16H16Cl3N3O2/c1-22(2)8-15(23)20-14-7-12(19)16(24)21-13(14)6-9-3-4-10(17)11(18)5-9/h3-5,7H,6,8H2,1-2H3,(H,20,23)(H,21,24). The van der Waals surface area contributed by atoms with Gasteiger partial charge in [0.25, 0.3) is 5.56 Å². The minimum atomic E-state index is -0.419. The molecule has 0 aliphatic rings. The van der Waals surface area contributed by atoms with Gasteiger partial charge in [0, 0.05) is 12.1 Å². The first kappa shape index (κ1) is 18.8. The summed E-state index contributed by atoms with van der Waals surface area (Å²) in [7, 11) is 3.58. The van der Waals surface area contributed by atoms with E-state index in [9.17, 15) is 9.59 Å². The van der Waals surface area contributed by atoms with E-state index in [0.29, 0.717) is 27.8 Å². The van der Waals surface area contributed by atoms with Gasteiger partial charge >= 0.3 is 0 Å². The predicted molar refractivity (Wildman–Crippen MR) is 98.5 cm³/mol. The van der Waals surface area contributed by atoms with Gasteiger partial charge in [0.15, 0.2) is 0 Å². The van der Waals surface area contributed by atoms with E-state index in [1.807, 2.05) is 0 Å². The molecule has 1 heterocycles. The zero-order valence-electron chi connectivity index (χ0n) is 13.1. The third-order valence-corrected chi connectivity index (χ3v) is 4.20. The number of anilines is 1. The third-order valence-electron chi connectivity index (χ3n) is 3.18. The largest absolute Gasteiger partial charge is 0.323 e. The van der Waals surface area contributed by atoms with Crippen LogP contribution in [0.15, 0.2) is 29.1 Å². The molecular formula is C16H16Cl3N3O2. The van der Waals surface area contributed by atoms with Crippen LogP contribution in [-0.4, -0.2) is 36.4 Å². The summed E-state index contributed by atoms with van der Waals surface area (Å²) in [6, 6.07) is 6.63. The molecule has 0 spiro atoms. The number of hydrogen-bond acceptors (Lipinski definition) is 3. The lowest BCUT2D eigenvalue weighted by Gasteiger charge is -2.14. The van der Waals surface area contributed by atoms with Crippen LogP contribution in [0.2, 0.25) is 15.1 Å². The highest BCUT2D eigenvalue weighted by molar-refractivity contribution is 6.42. The number of likely N-dealkylation sites (N-methyl/N-ethyl adjacent to an activating group) is 1. The molecule has 0 unspecified atom stereocenters. The average Bonchev–Trinajstić information content (AvgIpc) is 2.47. The zero-order chi connectivity index (χ0) is 17.9. The average molecular weight is 389 g/mol. The highest BCUT2D eigenvalue weighted by Gasteiger charge is 2.12. The lowest BCUT2D eigenvalue weighted by molar-refractivity contribution is -0.116. The van der Waals surface area contributed by atoms with Gasteiger partial charge in [-0.25, -0.2) is 0 Å². The van der Waals surface area contributed by atoms with Crippen LogP contribution in [0.4, 0.5) is 5.69 Å². The summed E-state index contributed by atoms with van der Waals surface area (Å²) in [5.74, 6) is -0.210. The second-order valence-corrected chi connectivity index (χ2v) is 6.77. The predicted octanol–water partition coefficient (Wildman–Crippen LogP) is 3.43. The maximum Gasteiger partial charge on any atom is 0.267 e. The number of amides is 1. The van der Waals surface area contributed by atoms with E-state index in [-0.39, 0.29) is 17.5 Å². The molecule has 0 atom stereocenters.